The highest BCUT2D eigenvalue weighted by Gasteiger charge is 2.29. The summed E-state index contributed by atoms with van der Waals surface area (Å²) >= 11 is 12.1. The van der Waals surface area contributed by atoms with Crippen LogP contribution in [0.25, 0.3) is 0 Å². The van der Waals surface area contributed by atoms with Gasteiger partial charge in [0.1, 0.15) is 0 Å². The average molecular weight is 261 g/mol. The van der Waals surface area contributed by atoms with Crippen molar-refractivity contribution in [2.75, 3.05) is 0 Å². The van der Waals surface area contributed by atoms with E-state index in [4.69, 9.17) is 23.2 Å². The predicted molar refractivity (Wildman–Crippen MR) is 70.2 cm³/mol. The maximum atomic E-state index is 10.6. The van der Waals surface area contributed by atoms with Crippen LogP contribution in [0.2, 0.25) is 10.0 Å². The number of benzene rings is 1. The van der Waals surface area contributed by atoms with E-state index in [0.717, 1.165) is 18.4 Å². The van der Waals surface area contributed by atoms with E-state index >= 15 is 0 Å². The Morgan fingerprint density at radius 1 is 1.12 bits per heavy atom. The van der Waals surface area contributed by atoms with Crippen LogP contribution >= 0.6 is 23.2 Å². The monoisotopic (exact) mass is 260 g/mol. The number of hydrogen-bond acceptors (Lipinski definition) is 1. The van der Waals surface area contributed by atoms with Gasteiger partial charge in [-0.3, -0.25) is 0 Å². The van der Waals surface area contributed by atoms with Crippen LogP contribution in [0.3, 0.4) is 0 Å². The lowest BCUT2D eigenvalue weighted by Gasteiger charge is -2.29. The molecule has 0 fully saturated rings. The van der Waals surface area contributed by atoms with Crippen LogP contribution in [0, 0.1) is 0 Å². The van der Waals surface area contributed by atoms with Gasteiger partial charge in [-0.25, -0.2) is 0 Å². The summed E-state index contributed by atoms with van der Waals surface area (Å²) < 4.78 is 0. The van der Waals surface area contributed by atoms with Crippen molar-refractivity contribution in [2.24, 2.45) is 0 Å². The SMILES string of the molecule is CCCC(O)(CCC)c1cc(Cl)ccc1Cl. The fourth-order valence-corrected chi connectivity index (χ4v) is 2.54. The van der Waals surface area contributed by atoms with E-state index in [2.05, 4.69) is 13.8 Å². The Hall–Kier alpha value is -0.240. The molecule has 0 aromatic heterocycles. The minimum atomic E-state index is -0.842. The van der Waals surface area contributed by atoms with Crippen LogP contribution < -0.4 is 0 Å². The molecule has 90 valence electrons. The van der Waals surface area contributed by atoms with Gasteiger partial charge in [-0.2, -0.15) is 0 Å². The topological polar surface area (TPSA) is 20.2 Å². The molecule has 0 atom stereocenters. The van der Waals surface area contributed by atoms with Crippen molar-refractivity contribution in [1.29, 1.82) is 0 Å². The van der Waals surface area contributed by atoms with E-state index in [1.807, 2.05) is 0 Å². The van der Waals surface area contributed by atoms with Crippen molar-refractivity contribution >= 4 is 23.2 Å². The molecule has 1 N–H and O–H groups in total. The molecule has 0 saturated heterocycles. The van der Waals surface area contributed by atoms with E-state index in [1.54, 1.807) is 18.2 Å². The molecular weight excluding hydrogens is 243 g/mol. The second-order valence-corrected chi connectivity index (χ2v) is 5.00. The maximum Gasteiger partial charge on any atom is 0.0911 e. The molecule has 0 radical (unpaired) electrons. The lowest BCUT2D eigenvalue weighted by atomic mass is 9.85. The first kappa shape index (κ1) is 13.8. The van der Waals surface area contributed by atoms with Gasteiger partial charge in [0.2, 0.25) is 0 Å². The van der Waals surface area contributed by atoms with E-state index in [-0.39, 0.29) is 0 Å². The molecule has 0 aliphatic carbocycles. The normalized spacial score (nSPS) is 11.8. The molecule has 0 aliphatic rings. The van der Waals surface area contributed by atoms with E-state index in [9.17, 15) is 5.11 Å². The molecule has 0 unspecified atom stereocenters. The summed E-state index contributed by atoms with van der Waals surface area (Å²) in [6.45, 7) is 4.11. The molecular formula is C13H18Cl2O. The number of halogens is 2. The van der Waals surface area contributed by atoms with Crippen LogP contribution in [0.15, 0.2) is 18.2 Å². The predicted octanol–water partition coefficient (Wildman–Crippen LogP) is 4.78. The molecule has 3 heteroatoms. The Morgan fingerprint density at radius 2 is 1.69 bits per heavy atom. The second-order valence-electron chi connectivity index (χ2n) is 4.16. The highest BCUT2D eigenvalue weighted by atomic mass is 35.5. The summed E-state index contributed by atoms with van der Waals surface area (Å²) in [6, 6.07) is 5.26. The van der Waals surface area contributed by atoms with Crippen molar-refractivity contribution in [3.63, 3.8) is 0 Å². The molecule has 1 nitrogen and oxygen atoms in total. The van der Waals surface area contributed by atoms with Crippen LogP contribution in [0.4, 0.5) is 0 Å². The Labute approximate surface area is 107 Å². The zero-order valence-electron chi connectivity index (χ0n) is 9.76. The minimum absolute atomic E-state index is 0.591. The molecule has 1 aromatic rings. The van der Waals surface area contributed by atoms with Gasteiger partial charge in [0.25, 0.3) is 0 Å². The Bertz CT molecular complexity index is 344. The standard InChI is InChI=1S/C13H18Cl2O/c1-3-7-13(16,8-4-2)11-9-10(14)5-6-12(11)15/h5-6,9,16H,3-4,7-8H2,1-2H3. The van der Waals surface area contributed by atoms with Gasteiger partial charge in [0, 0.05) is 15.6 Å². The Balaban J connectivity index is 3.14. The van der Waals surface area contributed by atoms with E-state index < -0.39 is 5.60 Å². The summed E-state index contributed by atoms with van der Waals surface area (Å²) in [5, 5.41) is 11.9. The minimum Gasteiger partial charge on any atom is -0.385 e. The lowest BCUT2D eigenvalue weighted by molar-refractivity contribution is 0.0171. The molecule has 1 rings (SSSR count). The number of aliphatic hydroxyl groups is 1. The lowest BCUT2D eigenvalue weighted by Crippen LogP contribution is -2.25. The van der Waals surface area contributed by atoms with Crippen LogP contribution in [-0.4, -0.2) is 5.11 Å². The summed E-state index contributed by atoms with van der Waals surface area (Å²) in [7, 11) is 0. The van der Waals surface area contributed by atoms with Gasteiger partial charge in [-0.1, -0.05) is 49.9 Å². The van der Waals surface area contributed by atoms with Crippen LogP contribution in [-0.2, 0) is 5.60 Å². The van der Waals surface area contributed by atoms with Gasteiger partial charge >= 0.3 is 0 Å². The zero-order valence-corrected chi connectivity index (χ0v) is 11.3. The van der Waals surface area contributed by atoms with Crippen molar-refractivity contribution in [1.82, 2.24) is 0 Å². The second kappa shape index (κ2) is 5.90. The molecule has 1 aromatic carbocycles. The van der Waals surface area contributed by atoms with Gasteiger partial charge in [0.05, 0.1) is 5.60 Å². The Morgan fingerprint density at radius 3 is 2.19 bits per heavy atom. The molecule has 0 saturated carbocycles. The van der Waals surface area contributed by atoms with Crippen molar-refractivity contribution < 1.29 is 5.11 Å². The first-order valence-corrected chi connectivity index (χ1v) is 6.47. The fourth-order valence-electron chi connectivity index (χ4n) is 2.08. The molecule has 0 aliphatic heterocycles. The van der Waals surface area contributed by atoms with Gasteiger partial charge in [-0.05, 0) is 31.0 Å². The van der Waals surface area contributed by atoms with Crippen LogP contribution in [0.1, 0.15) is 45.1 Å². The van der Waals surface area contributed by atoms with Crippen LogP contribution in [0.5, 0.6) is 0 Å². The molecule has 0 amide bonds. The molecule has 16 heavy (non-hydrogen) atoms. The molecule has 0 spiro atoms. The van der Waals surface area contributed by atoms with Crippen molar-refractivity contribution in [2.45, 2.75) is 45.1 Å². The van der Waals surface area contributed by atoms with E-state index in [0.29, 0.717) is 22.9 Å². The third-order valence-electron chi connectivity index (χ3n) is 2.76. The number of hydrogen-bond donors (Lipinski definition) is 1. The summed E-state index contributed by atoms with van der Waals surface area (Å²) in [5.41, 5.74) is -0.0868. The first-order valence-electron chi connectivity index (χ1n) is 5.71. The highest BCUT2D eigenvalue weighted by molar-refractivity contribution is 6.33. The fraction of sp³-hybridized carbons (Fsp3) is 0.538. The smallest absolute Gasteiger partial charge is 0.0911 e. The number of rotatable bonds is 5. The first-order chi connectivity index (χ1) is 7.53. The zero-order chi connectivity index (χ0) is 12.2. The van der Waals surface area contributed by atoms with Crippen molar-refractivity contribution in [3.8, 4) is 0 Å². The van der Waals surface area contributed by atoms with Gasteiger partial charge < -0.3 is 5.11 Å². The van der Waals surface area contributed by atoms with Crippen molar-refractivity contribution in [3.05, 3.63) is 33.8 Å². The summed E-state index contributed by atoms with van der Waals surface area (Å²) in [5.74, 6) is 0. The van der Waals surface area contributed by atoms with Gasteiger partial charge in [0.15, 0.2) is 0 Å². The highest BCUT2D eigenvalue weighted by Crippen LogP contribution is 2.37. The Kier molecular flexibility index (Phi) is 5.10. The molecule has 0 bridgehead atoms. The molecule has 0 heterocycles. The van der Waals surface area contributed by atoms with E-state index in [1.165, 1.54) is 0 Å². The third-order valence-corrected chi connectivity index (χ3v) is 3.32. The van der Waals surface area contributed by atoms with Gasteiger partial charge in [-0.15, -0.1) is 0 Å². The largest absolute Gasteiger partial charge is 0.385 e. The summed E-state index contributed by atoms with van der Waals surface area (Å²) in [6.07, 6.45) is 3.25. The summed E-state index contributed by atoms with van der Waals surface area (Å²) in [4.78, 5) is 0. The average Bonchev–Trinajstić information content (AvgIpc) is 2.22. The third kappa shape index (κ3) is 3.13. The quantitative estimate of drug-likeness (QED) is 0.808. The maximum absolute atomic E-state index is 10.6.